The summed E-state index contributed by atoms with van der Waals surface area (Å²) in [6.45, 7) is 9.02. The molecule has 0 spiro atoms. The molecule has 0 saturated carbocycles. The smallest absolute Gasteiger partial charge is 0.222 e. The number of anilines is 1. The summed E-state index contributed by atoms with van der Waals surface area (Å²) in [7, 11) is 0. The van der Waals surface area contributed by atoms with Crippen molar-refractivity contribution in [3.8, 4) is 0 Å². The van der Waals surface area contributed by atoms with Gasteiger partial charge in [0, 0.05) is 24.8 Å². The summed E-state index contributed by atoms with van der Waals surface area (Å²) in [5, 5.41) is 3.52. The molecule has 4 heteroatoms. The lowest BCUT2D eigenvalue weighted by molar-refractivity contribution is -0.121. The molecule has 2 rings (SSSR count). The largest absolute Gasteiger partial charge is 0.370 e. The van der Waals surface area contributed by atoms with E-state index in [1.807, 2.05) is 6.92 Å². The summed E-state index contributed by atoms with van der Waals surface area (Å²) in [6.07, 6.45) is 2.20. The van der Waals surface area contributed by atoms with Crippen LogP contribution in [-0.2, 0) is 11.2 Å². The second-order valence-corrected chi connectivity index (χ2v) is 6.06. The Balaban J connectivity index is 2.07. The van der Waals surface area contributed by atoms with Crippen LogP contribution in [-0.4, -0.2) is 25.5 Å². The van der Waals surface area contributed by atoms with Gasteiger partial charge in [0.15, 0.2) is 0 Å². The minimum atomic E-state index is -0.225. The lowest BCUT2D eigenvalue weighted by atomic mass is 10.0. The average Bonchev–Trinajstić information content (AvgIpc) is 2.86. The van der Waals surface area contributed by atoms with Crippen LogP contribution in [0.25, 0.3) is 0 Å². The highest BCUT2D eigenvalue weighted by Crippen LogP contribution is 2.31. The Hall–Kier alpha value is -1.55. The van der Waals surface area contributed by atoms with Crippen LogP contribution >= 0.6 is 0 Å². The van der Waals surface area contributed by atoms with E-state index in [1.54, 1.807) is 0 Å². The number of rotatable bonds is 7. The third-order valence-electron chi connectivity index (χ3n) is 4.28. The monoisotopic (exact) mass is 289 g/mol. The van der Waals surface area contributed by atoms with Gasteiger partial charge < -0.3 is 16.0 Å². The van der Waals surface area contributed by atoms with Crippen LogP contribution < -0.4 is 16.0 Å². The van der Waals surface area contributed by atoms with Crippen LogP contribution in [0.4, 0.5) is 5.69 Å². The minimum absolute atomic E-state index is 0.110. The van der Waals surface area contributed by atoms with Gasteiger partial charge in [-0.2, -0.15) is 0 Å². The number of primary amides is 1. The van der Waals surface area contributed by atoms with Gasteiger partial charge in [0.05, 0.1) is 5.92 Å². The molecule has 4 nitrogen and oxygen atoms in total. The SMILES string of the molecule is CCCNC(C)c1ccc2c(c1)CCN2CC(C)C(N)=O. The van der Waals surface area contributed by atoms with Crippen molar-refractivity contribution in [2.75, 3.05) is 24.5 Å². The highest BCUT2D eigenvalue weighted by Gasteiger charge is 2.23. The van der Waals surface area contributed by atoms with Gasteiger partial charge in [-0.25, -0.2) is 0 Å². The van der Waals surface area contributed by atoms with Crippen LogP contribution in [0.2, 0.25) is 0 Å². The molecule has 2 atom stereocenters. The fraction of sp³-hybridized carbons (Fsp3) is 0.588. The molecule has 1 heterocycles. The van der Waals surface area contributed by atoms with E-state index in [0.29, 0.717) is 12.6 Å². The third-order valence-corrected chi connectivity index (χ3v) is 4.28. The molecule has 0 fully saturated rings. The summed E-state index contributed by atoms with van der Waals surface area (Å²) in [6, 6.07) is 7.07. The van der Waals surface area contributed by atoms with E-state index < -0.39 is 0 Å². The zero-order valence-electron chi connectivity index (χ0n) is 13.4. The number of nitrogens with zero attached hydrogens (tertiary/aromatic N) is 1. The lowest BCUT2D eigenvalue weighted by Gasteiger charge is -2.22. The molecule has 116 valence electrons. The summed E-state index contributed by atoms with van der Waals surface area (Å²) >= 11 is 0. The Labute approximate surface area is 127 Å². The number of benzene rings is 1. The molecule has 3 N–H and O–H groups in total. The van der Waals surface area contributed by atoms with E-state index in [2.05, 4.69) is 42.3 Å². The summed E-state index contributed by atoms with van der Waals surface area (Å²) in [4.78, 5) is 13.5. The van der Waals surface area contributed by atoms with E-state index in [0.717, 1.165) is 25.9 Å². The zero-order chi connectivity index (χ0) is 15.4. The molecule has 2 unspecified atom stereocenters. The van der Waals surface area contributed by atoms with Crippen molar-refractivity contribution in [2.45, 2.75) is 39.7 Å². The van der Waals surface area contributed by atoms with Gasteiger partial charge in [0.1, 0.15) is 0 Å². The normalized spacial score (nSPS) is 16.6. The summed E-state index contributed by atoms with van der Waals surface area (Å²) in [5.74, 6) is -0.335. The van der Waals surface area contributed by atoms with Crippen LogP contribution in [0.15, 0.2) is 18.2 Å². The standard InChI is InChI=1S/C17H27N3O/c1-4-8-19-13(3)14-5-6-16-15(10-14)7-9-20(16)11-12(2)17(18)21/h5-6,10,12-13,19H,4,7-9,11H2,1-3H3,(H2,18,21). The summed E-state index contributed by atoms with van der Waals surface area (Å²) < 4.78 is 0. The van der Waals surface area contributed by atoms with E-state index in [-0.39, 0.29) is 11.8 Å². The Morgan fingerprint density at radius 3 is 2.86 bits per heavy atom. The number of amides is 1. The average molecular weight is 289 g/mol. The van der Waals surface area contributed by atoms with Crippen molar-refractivity contribution in [3.05, 3.63) is 29.3 Å². The Bertz CT molecular complexity index is 501. The van der Waals surface area contributed by atoms with Gasteiger partial charge in [-0.15, -0.1) is 0 Å². The number of fused-ring (bicyclic) bond motifs is 1. The van der Waals surface area contributed by atoms with E-state index in [1.165, 1.54) is 16.8 Å². The molecule has 0 radical (unpaired) electrons. The number of nitrogens with one attached hydrogen (secondary N) is 1. The second kappa shape index (κ2) is 6.94. The first-order valence-corrected chi connectivity index (χ1v) is 7.93. The zero-order valence-corrected chi connectivity index (χ0v) is 13.4. The van der Waals surface area contributed by atoms with E-state index >= 15 is 0 Å². The topological polar surface area (TPSA) is 58.4 Å². The van der Waals surface area contributed by atoms with Crippen LogP contribution in [0.5, 0.6) is 0 Å². The highest BCUT2D eigenvalue weighted by atomic mass is 16.1. The molecule has 1 aromatic carbocycles. The first-order valence-electron chi connectivity index (χ1n) is 7.93. The fourth-order valence-corrected chi connectivity index (χ4v) is 2.85. The number of hydrogen-bond acceptors (Lipinski definition) is 3. The maximum absolute atomic E-state index is 11.2. The molecular weight excluding hydrogens is 262 g/mol. The van der Waals surface area contributed by atoms with Crippen molar-refractivity contribution in [2.24, 2.45) is 11.7 Å². The van der Waals surface area contributed by atoms with Crippen LogP contribution in [0.3, 0.4) is 0 Å². The van der Waals surface area contributed by atoms with Gasteiger partial charge in [-0.1, -0.05) is 26.0 Å². The van der Waals surface area contributed by atoms with Crippen molar-refractivity contribution in [1.82, 2.24) is 5.32 Å². The van der Waals surface area contributed by atoms with Crippen LogP contribution in [0.1, 0.15) is 44.4 Å². The second-order valence-electron chi connectivity index (χ2n) is 6.06. The highest BCUT2D eigenvalue weighted by molar-refractivity contribution is 5.77. The predicted molar refractivity (Wildman–Crippen MR) is 87.4 cm³/mol. The molecule has 0 bridgehead atoms. The third kappa shape index (κ3) is 3.76. The molecule has 0 aromatic heterocycles. The number of hydrogen-bond donors (Lipinski definition) is 2. The lowest BCUT2D eigenvalue weighted by Crippen LogP contribution is -2.33. The van der Waals surface area contributed by atoms with Crippen molar-refractivity contribution in [3.63, 3.8) is 0 Å². The molecule has 0 aliphatic carbocycles. The van der Waals surface area contributed by atoms with Crippen molar-refractivity contribution >= 4 is 11.6 Å². The molecular formula is C17H27N3O. The number of nitrogens with two attached hydrogens (primary N) is 1. The van der Waals surface area contributed by atoms with Crippen LogP contribution in [0, 0.1) is 5.92 Å². The first-order chi connectivity index (χ1) is 10.0. The van der Waals surface area contributed by atoms with E-state index in [9.17, 15) is 4.79 Å². The van der Waals surface area contributed by atoms with Gasteiger partial charge in [0.2, 0.25) is 5.91 Å². The number of carbonyl (C=O) groups excluding carboxylic acids is 1. The Morgan fingerprint density at radius 2 is 2.19 bits per heavy atom. The molecule has 21 heavy (non-hydrogen) atoms. The van der Waals surface area contributed by atoms with Crippen molar-refractivity contribution < 1.29 is 4.79 Å². The maximum atomic E-state index is 11.2. The molecule has 1 aliphatic rings. The van der Waals surface area contributed by atoms with Gasteiger partial charge in [-0.05, 0) is 43.5 Å². The summed E-state index contributed by atoms with van der Waals surface area (Å²) in [5.41, 5.74) is 9.35. The first kappa shape index (κ1) is 15.8. The minimum Gasteiger partial charge on any atom is -0.370 e. The van der Waals surface area contributed by atoms with Gasteiger partial charge in [0.25, 0.3) is 0 Å². The predicted octanol–water partition coefficient (Wildman–Crippen LogP) is 2.23. The Morgan fingerprint density at radius 1 is 1.43 bits per heavy atom. The number of carbonyl (C=O) groups is 1. The molecule has 0 saturated heterocycles. The molecule has 1 aromatic rings. The Kier molecular flexibility index (Phi) is 5.23. The van der Waals surface area contributed by atoms with Crippen molar-refractivity contribution in [1.29, 1.82) is 0 Å². The molecule has 1 amide bonds. The molecule has 1 aliphatic heterocycles. The van der Waals surface area contributed by atoms with E-state index in [4.69, 9.17) is 5.73 Å². The fourth-order valence-electron chi connectivity index (χ4n) is 2.85. The van der Waals surface area contributed by atoms with Gasteiger partial charge >= 0.3 is 0 Å². The maximum Gasteiger partial charge on any atom is 0.222 e. The quantitative estimate of drug-likeness (QED) is 0.809. The van der Waals surface area contributed by atoms with Gasteiger partial charge in [-0.3, -0.25) is 4.79 Å².